The molecule has 6 nitrogen and oxygen atoms in total. The third-order valence-electron chi connectivity index (χ3n) is 5.31. The van der Waals surface area contributed by atoms with Crippen molar-refractivity contribution in [2.24, 2.45) is 0 Å². The van der Waals surface area contributed by atoms with Crippen LogP contribution in [0, 0.1) is 0 Å². The summed E-state index contributed by atoms with van der Waals surface area (Å²) in [7, 11) is 0. The average Bonchev–Trinajstić information content (AvgIpc) is 2.75. The molecule has 1 aliphatic rings. The Morgan fingerprint density at radius 1 is 0.966 bits per heavy atom. The first-order chi connectivity index (χ1) is 14.0. The molecule has 1 fully saturated rings. The highest BCUT2D eigenvalue weighted by molar-refractivity contribution is 5.92. The Labute approximate surface area is 172 Å². The van der Waals surface area contributed by atoms with Crippen molar-refractivity contribution in [3.63, 3.8) is 0 Å². The Morgan fingerprint density at radius 2 is 1.62 bits per heavy atom. The van der Waals surface area contributed by atoms with Gasteiger partial charge in [-0.3, -0.25) is 9.69 Å². The second kappa shape index (κ2) is 10.1. The molecule has 1 atom stereocenters. The van der Waals surface area contributed by atoms with Crippen molar-refractivity contribution < 1.29 is 9.59 Å². The first kappa shape index (κ1) is 20.9. The minimum absolute atomic E-state index is 0.0294. The van der Waals surface area contributed by atoms with Gasteiger partial charge in [-0.15, -0.1) is 0 Å². The Balaban J connectivity index is 1.42. The predicted molar refractivity (Wildman–Crippen MR) is 116 cm³/mol. The number of rotatable bonds is 6. The lowest BCUT2D eigenvalue weighted by Crippen LogP contribution is -2.53. The highest BCUT2D eigenvalue weighted by Gasteiger charge is 2.23. The number of urea groups is 1. The Kier molecular flexibility index (Phi) is 7.25. The molecule has 1 aliphatic heterocycles. The number of nitrogens with zero attached hydrogens (tertiary/aromatic N) is 2. The van der Waals surface area contributed by atoms with Crippen molar-refractivity contribution in [3.05, 3.63) is 65.7 Å². The zero-order valence-electron chi connectivity index (χ0n) is 17.2. The lowest BCUT2D eigenvalue weighted by molar-refractivity contribution is -0.117. The largest absolute Gasteiger partial charge is 0.331 e. The van der Waals surface area contributed by atoms with Gasteiger partial charge in [0.15, 0.2) is 0 Å². The molecule has 2 N–H and O–H groups in total. The van der Waals surface area contributed by atoms with Gasteiger partial charge in [-0.2, -0.15) is 0 Å². The maximum absolute atomic E-state index is 12.6. The van der Waals surface area contributed by atoms with Crippen LogP contribution in [0.15, 0.2) is 54.6 Å². The van der Waals surface area contributed by atoms with E-state index in [1.807, 2.05) is 42.2 Å². The van der Waals surface area contributed by atoms with Crippen LogP contribution in [0.5, 0.6) is 0 Å². The van der Waals surface area contributed by atoms with Gasteiger partial charge in [-0.05, 0) is 36.6 Å². The molecule has 0 saturated carbocycles. The average molecular weight is 395 g/mol. The van der Waals surface area contributed by atoms with Gasteiger partial charge in [0.2, 0.25) is 5.91 Å². The summed E-state index contributed by atoms with van der Waals surface area (Å²) >= 11 is 0. The minimum atomic E-state index is -0.0505. The molecule has 1 unspecified atom stereocenters. The molecule has 6 heteroatoms. The predicted octanol–water partition coefficient (Wildman–Crippen LogP) is 3.28. The molecule has 29 heavy (non-hydrogen) atoms. The molecule has 1 saturated heterocycles. The lowest BCUT2D eigenvalue weighted by Gasteiger charge is -2.35. The number of carbonyl (C=O) groups is 2. The summed E-state index contributed by atoms with van der Waals surface area (Å²) in [5.41, 5.74) is 3.20. The number of benzene rings is 2. The lowest BCUT2D eigenvalue weighted by atomic mass is 10.1. The molecular formula is C23H30N4O2. The number of carbonyl (C=O) groups excluding carboxylic acids is 2. The van der Waals surface area contributed by atoms with Gasteiger partial charge >= 0.3 is 6.03 Å². The summed E-state index contributed by atoms with van der Waals surface area (Å²) in [4.78, 5) is 28.7. The van der Waals surface area contributed by atoms with Crippen molar-refractivity contribution >= 4 is 17.6 Å². The van der Waals surface area contributed by atoms with Gasteiger partial charge < -0.3 is 15.5 Å². The number of hydrogen-bond donors (Lipinski definition) is 2. The van der Waals surface area contributed by atoms with Crippen molar-refractivity contribution in [3.8, 4) is 0 Å². The molecule has 154 valence electrons. The summed E-state index contributed by atoms with van der Waals surface area (Å²) in [5, 5.41) is 5.98. The number of piperazine rings is 1. The van der Waals surface area contributed by atoms with E-state index in [0.717, 1.165) is 17.7 Å². The van der Waals surface area contributed by atoms with E-state index in [0.29, 0.717) is 32.7 Å². The Hall–Kier alpha value is -2.86. The van der Waals surface area contributed by atoms with Crippen molar-refractivity contribution in [1.82, 2.24) is 15.1 Å². The molecular weight excluding hydrogens is 364 g/mol. The molecule has 0 spiro atoms. The zero-order valence-corrected chi connectivity index (χ0v) is 17.2. The van der Waals surface area contributed by atoms with Crippen LogP contribution in [0.1, 0.15) is 31.0 Å². The van der Waals surface area contributed by atoms with Gasteiger partial charge in [0.1, 0.15) is 0 Å². The van der Waals surface area contributed by atoms with Crippen LogP contribution in [-0.2, 0) is 11.2 Å². The van der Waals surface area contributed by atoms with E-state index in [4.69, 9.17) is 0 Å². The highest BCUT2D eigenvalue weighted by atomic mass is 16.2. The SMILES string of the molecule is CCc1ccc(C(C)NC(=O)N2CCN(CC(=O)Nc3ccccc3)CC2)cc1. The normalized spacial score (nSPS) is 15.6. The molecule has 0 aromatic heterocycles. The molecule has 2 aromatic rings. The summed E-state index contributed by atoms with van der Waals surface area (Å²) in [6.45, 7) is 7.08. The maximum Gasteiger partial charge on any atom is 0.317 e. The summed E-state index contributed by atoms with van der Waals surface area (Å²) in [6, 6.07) is 17.7. The number of anilines is 1. The van der Waals surface area contributed by atoms with Crippen LogP contribution >= 0.6 is 0 Å². The number of aryl methyl sites for hydroxylation is 1. The Bertz CT molecular complexity index is 799. The first-order valence-electron chi connectivity index (χ1n) is 10.3. The number of nitrogens with one attached hydrogen (secondary N) is 2. The Morgan fingerprint density at radius 3 is 2.24 bits per heavy atom. The number of amides is 3. The molecule has 0 bridgehead atoms. The fraction of sp³-hybridized carbons (Fsp3) is 0.391. The smallest absolute Gasteiger partial charge is 0.317 e. The molecule has 0 radical (unpaired) electrons. The fourth-order valence-corrected chi connectivity index (χ4v) is 3.44. The summed E-state index contributed by atoms with van der Waals surface area (Å²) < 4.78 is 0. The third kappa shape index (κ3) is 6.06. The molecule has 1 heterocycles. The van der Waals surface area contributed by atoms with E-state index in [9.17, 15) is 9.59 Å². The molecule has 0 aliphatic carbocycles. The van der Waals surface area contributed by atoms with Gasteiger partial charge in [0.05, 0.1) is 12.6 Å². The second-order valence-corrected chi connectivity index (χ2v) is 7.44. The van der Waals surface area contributed by atoms with Gasteiger partial charge in [0, 0.05) is 31.9 Å². The van der Waals surface area contributed by atoms with E-state index in [1.54, 1.807) is 0 Å². The summed E-state index contributed by atoms with van der Waals surface area (Å²) in [6.07, 6.45) is 1.01. The summed E-state index contributed by atoms with van der Waals surface area (Å²) in [5.74, 6) is -0.0294. The minimum Gasteiger partial charge on any atom is -0.331 e. The van der Waals surface area contributed by atoms with E-state index in [2.05, 4.69) is 46.7 Å². The molecule has 2 aromatic carbocycles. The van der Waals surface area contributed by atoms with Crippen molar-refractivity contribution in [1.29, 1.82) is 0 Å². The standard InChI is InChI=1S/C23H30N4O2/c1-3-19-9-11-20(12-10-19)18(2)24-23(29)27-15-13-26(14-16-27)17-22(28)25-21-7-5-4-6-8-21/h4-12,18H,3,13-17H2,1-2H3,(H,24,29)(H,25,28). The highest BCUT2D eigenvalue weighted by Crippen LogP contribution is 2.15. The molecule has 3 amide bonds. The van der Waals surface area contributed by atoms with Gasteiger partial charge in [-0.1, -0.05) is 49.4 Å². The second-order valence-electron chi connectivity index (χ2n) is 7.44. The van der Waals surface area contributed by atoms with E-state index in [-0.39, 0.29) is 18.0 Å². The zero-order chi connectivity index (χ0) is 20.6. The van der Waals surface area contributed by atoms with Crippen molar-refractivity contribution in [2.45, 2.75) is 26.3 Å². The third-order valence-corrected chi connectivity index (χ3v) is 5.31. The molecule has 3 rings (SSSR count). The quantitative estimate of drug-likeness (QED) is 0.790. The fourth-order valence-electron chi connectivity index (χ4n) is 3.44. The van der Waals surface area contributed by atoms with Gasteiger partial charge in [0.25, 0.3) is 0 Å². The van der Waals surface area contributed by atoms with E-state index < -0.39 is 0 Å². The van der Waals surface area contributed by atoms with Crippen LogP contribution < -0.4 is 10.6 Å². The number of hydrogen-bond acceptors (Lipinski definition) is 3. The first-order valence-corrected chi connectivity index (χ1v) is 10.3. The van der Waals surface area contributed by atoms with Crippen LogP contribution in [-0.4, -0.2) is 54.5 Å². The number of para-hydroxylation sites is 1. The van der Waals surface area contributed by atoms with Crippen LogP contribution in [0.4, 0.5) is 10.5 Å². The maximum atomic E-state index is 12.6. The van der Waals surface area contributed by atoms with E-state index in [1.165, 1.54) is 5.56 Å². The van der Waals surface area contributed by atoms with Crippen LogP contribution in [0.3, 0.4) is 0 Å². The van der Waals surface area contributed by atoms with Gasteiger partial charge in [-0.25, -0.2) is 4.79 Å². The van der Waals surface area contributed by atoms with Crippen LogP contribution in [0.25, 0.3) is 0 Å². The monoisotopic (exact) mass is 394 g/mol. The van der Waals surface area contributed by atoms with Crippen LogP contribution in [0.2, 0.25) is 0 Å². The topological polar surface area (TPSA) is 64.7 Å². The van der Waals surface area contributed by atoms with E-state index >= 15 is 0 Å². The van der Waals surface area contributed by atoms with Crippen molar-refractivity contribution in [2.75, 3.05) is 38.0 Å².